The van der Waals surface area contributed by atoms with Crippen LogP contribution < -0.4 is 10.6 Å². The molecule has 0 aliphatic carbocycles. The molecule has 16 heavy (non-hydrogen) atoms. The molecule has 2 N–H and O–H groups in total. The lowest BCUT2D eigenvalue weighted by atomic mass is 10.0. The summed E-state index contributed by atoms with van der Waals surface area (Å²) in [5.41, 5.74) is 0. The highest BCUT2D eigenvalue weighted by Gasteiger charge is 2.10. The third-order valence-corrected chi connectivity index (χ3v) is 2.88. The molecule has 0 aromatic carbocycles. The van der Waals surface area contributed by atoms with E-state index in [1.807, 2.05) is 0 Å². The molecule has 0 fully saturated rings. The first kappa shape index (κ1) is 15.3. The Morgan fingerprint density at radius 2 is 1.56 bits per heavy atom. The van der Waals surface area contributed by atoms with Gasteiger partial charge in [0.05, 0.1) is 0 Å². The van der Waals surface area contributed by atoms with Crippen LogP contribution in [0.1, 0.15) is 60.3 Å². The van der Waals surface area contributed by atoms with E-state index in [4.69, 9.17) is 0 Å². The molecule has 0 aromatic heterocycles. The summed E-state index contributed by atoms with van der Waals surface area (Å²) in [6.07, 6.45) is 4.19. The molecular weight excluding hydrogens is 200 g/mol. The van der Waals surface area contributed by atoms with Crippen molar-refractivity contribution in [1.82, 2.24) is 10.6 Å². The molecule has 0 aliphatic heterocycles. The van der Waals surface area contributed by atoms with Gasteiger partial charge in [0.25, 0.3) is 0 Å². The lowest BCUT2D eigenvalue weighted by Crippen LogP contribution is -2.45. The maximum atomic E-state index is 11.6. The molecular formula is C13H28N2O. The van der Waals surface area contributed by atoms with Gasteiger partial charge in [0, 0.05) is 12.1 Å². The van der Waals surface area contributed by atoms with Gasteiger partial charge in [-0.15, -0.1) is 0 Å². The molecule has 96 valence electrons. The highest BCUT2D eigenvalue weighted by molar-refractivity contribution is 5.74. The van der Waals surface area contributed by atoms with Crippen molar-refractivity contribution >= 4 is 6.03 Å². The Morgan fingerprint density at radius 3 is 2.00 bits per heavy atom. The minimum Gasteiger partial charge on any atom is -0.336 e. The Hall–Kier alpha value is -0.730. The van der Waals surface area contributed by atoms with Crippen LogP contribution >= 0.6 is 0 Å². The van der Waals surface area contributed by atoms with Crippen molar-refractivity contribution in [2.24, 2.45) is 5.92 Å². The Labute approximate surface area is 100 Å². The van der Waals surface area contributed by atoms with E-state index < -0.39 is 0 Å². The molecule has 0 saturated heterocycles. The Balaban J connectivity index is 3.77. The van der Waals surface area contributed by atoms with Crippen molar-refractivity contribution < 1.29 is 4.79 Å². The van der Waals surface area contributed by atoms with Crippen LogP contribution in [0.4, 0.5) is 4.79 Å². The summed E-state index contributed by atoms with van der Waals surface area (Å²) < 4.78 is 0. The zero-order valence-electron chi connectivity index (χ0n) is 11.5. The minimum absolute atomic E-state index is 0.0232. The second-order valence-corrected chi connectivity index (χ2v) is 5.00. The molecule has 0 aliphatic rings. The molecule has 0 rings (SSSR count). The highest BCUT2D eigenvalue weighted by atomic mass is 16.2. The van der Waals surface area contributed by atoms with E-state index in [9.17, 15) is 4.79 Å². The quantitative estimate of drug-likeness (QED) is 0.689. The van der Waals surface area contributed by atoms with Gasteiger partial charge in [-0.3, -0.25) is 0 Å². The van der Waals surface area contributed by atoms with E-state index in [0.29, 0.717) is 12.0 Å². The van der Waals surface area contributed by atoms with Crippen molar-refractivity contribution in [2.75, 3.05) is 0 Å². The van der Waals surface area contributed by atoms with Crippen molar-refractivity contribution in [3.63, 3.8) is 0 Å². The molecule has 1 unspecified atom stereocenters. The fraction of sp³-hybridized carbons (Fsp3) is 0.923. The van der Waals surface area contributed by atoms with Crippen molar-refractivity contribution in [3.8, 4) is 0 Å². The highest BCUT2D eigenvalue weighted by Crippen LogP contribution is 2.06. The number of carbonyl (C=O) groups excluding carboxylic acids is 1. The molecule has 0 heterocycles. The standard InChI is InChI=1S/C13H28N2O/c1-6-12(7-2)15-13(16)14-11(5)9-8-10(3)4/h10-12H,6-9H2,1-5H3,(H2,14,15,16). The van der Waals surface area contributed by atoms with Crippen molar-refractivity contribution in [3.05, 3.63) is 0 Å². The van der Waals surface area contributed by atoms with E-state index in [1.54, 1.807) is 0 Å². The van der Waals surface area contributed by atoms with Crippen LogP contribution in [0.5, 0.6) is 0 Å². The maximum absolute atomic E-state index is 11.6. The van der Waals surface area contributed by atoms with Crippen molar-refractivity contribution in [2.45, 2.75) is 72.4 Å². The van der Waals surface area contributed by atoms with Crippen LogP contribution in [-0.2, 0) is 0 Å². The second kappa shape index (κ2) is 8.43. The smallest absolute Gasteiger partial charge is 0.315 e. The second-order valence-electron chi connectivity index (χ2n) is 5.00. The van der Waals surface area contributed by atoms with Crippen LogP contribution in [0.2, 0.25) is 0 Å². The van der Waals surface area contributed by atoms with Gasteiger partial charge in [-0.25, -0.2) is 4.79 Å². The first-order chi connectivity index (χ1) is 7.49. The Morgan fingerprint density at radius 1 is 1.00 bits per heavy atom. The van der Waals surface area contributed by atoms with Gasteiger partial charge in [-0.1, -0.05) is 27.7 Å². The van der Waals surface area contributed by atoms with Crippen molar-refractivity contribution in [1.29, 1.82) is 0 Å². The van der Waals surface area contributed by atoms with E-state index in [1.165, 1.54) is 0 Å². The van der Waals surface area contributed by atoms with Crippen LogP contribution in [0.3, 0.4) is 0 Å². The lowest BCUT2D eigenvalue weighted by molar-refractivity contribution is 0.232. The van der Waals surface area contributed by atoms with Crippen LogP contribution in [0.15, 0.2) is 0 Å². The zero-order valence-corrected chi connectivity index (χ0v) is 11.5. The number of hydrogen-bond donors (Lipinski definition) is 2. The van der Waals surface area contributed by atoms with E-state index >= 15 is 0 Å². The van der Waals surface area contributed by atoms with Crippen LogP contribution in [0, 0.1) is 5.92 Å². The normalized spacial score (nSPS) is 12.9. The fourth-order valence-electron chi connectivity index (χ4n) is 1.60. The van der Waals surface area contributed by atoms with Gasteiger partial charge in [-0.05, 0) is 38.5 Å². The SMILES string of the molecule is CCC(CC)NC(=O)NC(C)CCC(C)C. The zero-order chi connectivity index (χ0) is 12.6. The predicted octanol–water partition coefficient (Wildman–Crippen LogP) is 3.30. The van der Waals surface area contributed by atoms with Crippen LogP contribution in [0.25, 0.3) is 0 Å². The summed E-state index contributed by atoms with van der Waals surface area (Å²) in [5.74, 6) is 0.700. The minimum atomic E-state index is -0.0232. The van der Waals surface area contributed by atoms with Gasteiger partial charge in [0.15, 0.2) is 0 Å². The van der Waals surface area contributed by atoms with E-state index in [2.05, 4.69) is 45.3 Å². The molecule has 1 atom stereocenters. The molecule has 0 saturated carbocycles. The molecule has 2 amide bonds. The van der Waals surface area contributed by atoms with Gasteiger partial charge < -0.3 is 10.6 Å². The molecule has 3 nitrogen and oxygen atoms in total. The number of hydrogen-bond acceptors (Lipinski definition) is 1. The van der Waals surface area contributed by atoms with Gasteiger partial charge in [0.2, 0.25) is 0 Å². The number of amides is 2. The number of carbonyl (C=O) groups is 1. The number of rotatable bonds is 7. The third-order valence-electron chi connectivity index (χ3n) is 2.88. The average Bonchev–Trinajstić information content (AvgIpc) is 2.23. The molecule has 3 heteroatoms. The molecule has 0 radical (unpaired) electrons. The lowest BCUT2D eigenvalue weighted by Gasteiger charge is -2.19. The summed E-state index contributed by atoms with van der Waals surface area (Å²) in [6, 6.07) is 0.541. The van der Waals surface area contributed by atoms with Gasteiger partial charge in [0.1, 0.15) is 0 Å². The Bertz CT molecular complexity index is 188. The Kier molecular flexibility index (Phi) is 8.04. The van der Waals surface area contributed by atoms with E-state index in [0.717, 1.165) is 25.7 Å². The summed E-state index contributed by atoms with van der Waals surface area (Å²) in [5, 5.41) is 5.97. The topological polar surface area (TPSA) is 41.1 Å². The maximum Gasteiger partial charge on any atom is 0.315 e. The number of nitrogens with one attached hydrogen (secondary N) is 2. The summed E-state index contributed by atoms with van der Waals surface area (Å²) in [4.78, 5) is 11.6. The fourth-order valence-corrected chi connectivity index (χ4v) is 1.60. The average molecular weight is 228 g/mol. The number of urea groups is 1. The van der Waals surface area contributed by atoms with Gasteiger partial charge in [-0.2, -0.15) is 0 Å². The molecule has 0 bridgehead atoms. The summed E-state index contributed by atoms with van der Waals surface area (Å²) >= 11 is 0. The summed E-state index contributed by atoms with van der Waals surface area (Å²) in [7, 11) is 0. The first-order valence-corrected chi connectivity index (χ1v) is 6.56. The van der Waals surface area contributed by atoms with E-state index in [-0.39, 0.29) is 12.1 Å². The monoisotopic (exact) mass is 228 g/mol. The van der Waals surface area contributed by atoms with Crippen LogP contribution in [-0.4, -0.2) is 18.1 Å². The third kappa shape index (κ3) is 7.55. The molecule has 0 spiro atoms. The predicted molar refractivity (Wildman–Crippen MR) is 69.6 cm³/mol. The summed E-state index contributed by atoms with van der Waals surface area (Å²) in [6.45, 7) is 10.7. The molecule has 0 aromatic rings. The largest absolute Gasteiger partial charge is 0.336 e. The van der Waals surface area contributed by atoms with Gasteiger partial charge >= 0.3 is 6.03 Å². The first-order valence-electron chi connectivity index (χ1n) is 6.56.